The fraction of sp³-hybridized carbons (Fsp3) is 0.188. The molecule has 174 valence electrons. The molecule has 0 atom stereocenters. The number of hydrogen-bond donors (Lipinski definition) is 0. The molecule has 0 amide bonds. The van der Waals surface area contributed by atoms with Crippen molar-refractivity contribution in [3.05, 3.63) is 115 Å². The van der Waals surface area contributed by atoms with Crippen LogP contribution in [0.1, 0.15) is 32.3 Å². The van der Waals surface area contributed by atoms with Gasteiger partial charge in [0.05, 0.1) is 11.2 Å². The molecule has 0 saturated carbocycles. The van der Waals surface area contributed by atoms with Crippen LogP contribution in [0.25, 0.3) is 22.3 Å². The number of nitrogens with zero attached hydrogens (tertiary/aromatic N) is 2. The Morgan fingerprint density at radius 2 is 1.23 bits per heavy atom. The minimum atomic E-state index is -0.188. The first kappa shape index (κ1) is 22.8. The van der Waals surface area contributed by atoms with Crippen molar-refractivity contribution in [2.75, 3.05) is 6.61 Å². The van der Waals surface area contributed by atoms with Crippen LogP contribution >= 0.6 is 0 Å². The van der Waals surface area contributed by atoms with E-state index >= 15 is 0 Å². The summed E-state index contributed by atoms with van der Waals surface area (Å²) in [4.78, 5) is 10.5. The summed E-state index contributed by atoms with van der Waals surface area (Å²) in [7, 11) is 0. The Labute approximate surface area is 207 Å². The van der Waals surface area contributed by atoms with Crippen molar-refractivity contribution in [3.63, 3.8) is 0 Å². The zero-order valence-corrected chi connectivity index (χ0v) is 20.3. The molecule has 3 nitrogen and oxygen atoms in total. The zero-order valence-electron chi connectivity index (χ0n) is 20.3. The van der Waals surface area contributed by atoms with E-state index in [4.69, 9.17) is 14.7 Å². The first-order chi connectivity index (χ1) is 17.2. The van der Waals surface area contributed by atoms with Crippen LogP contribution in [-0.4, -0.2) is 23.8 Å². The lowest BCUT2D eigenvalue weighted by Crippen LogP contribution is -2.25. The van der Waals surface area contributed by atoms with Gasteiger partial charge in [-0.3, -0.25) is 0 Å². The summed E-state index contributed by atoms with van der Waals surface area (Å²) in [5.41, 5.74) is 6.91. The molecule has 1 aliphatic heterocycles. The molecule has 0 aliphatic carbocycles. The molecular weight excluding hydrogens is 428 g/mol. The van der Waals surface area contributed by atoms with Crippen molar-refractivity contribution in [3.8, 4) is 22.3 Å². The Hall–Kier alpha value is -3.98. The Bertz CT molecular complexity index is 1280. The summed E-state index contributed by atoms with van der Waals surface area (Å²) in [6.45, 7) is 4.95. The Morgan fingerprint density at radius 3 is 1.71 bits per heavy atom. The number of rotatable bonds is 7. The summed E-state index contributed by atoms with van der Waals surface area (Å²) in [5.74, 6) is 0.627. The third-order valence-corrected chi connectivity index (χ3v) is 6.81. The second-order valence-corrected chi connectivity index (χ2v) is 8.90. The second kappa shape index (κ2) is 10.1. The van der Waals surface area contributed by atoms with Gasteiger partial charge >= 0.3 is 0 Å². The molecular formula is C32H30N2O. The molecule has 0 bridgehead atoms. The number of aliphatic imine (C=N–C) groups is 2. The fourth-order valence-electron chi connectivity index (χ4n) is 4.53. The normalized spacial score (nSPS) is 14.9. The minimum absolute atomic E-state index is 0.188. The monoisotopic (exact) mass is 458 g/mol. The lowest BCUT2D eigenvalue weighted by atomic mass is 9.95. The summed E-state index contributed by atoms with van der Waals surface area (Å²) >= 11 is 0. The number of benzene rings is 4. The Morgan fingerprint density at radius 1 is 0.714 bits per heavy atom. The molecule has 0 fully saturated rings. The van der Waals surface area contributed by atoms with Crippen molar-refractivity contribution in [1.29, 1.82) is 0 Å². The third kappa shape index (κ3) is 4.67. The van der Waals surface area contributed by atoms with Crippen molar-refractivity contribution in [2.24, 2.45) is 9.98 Å². The second-order valence-electron chi connectivity index (χ2n) is 8.90. The van der Waals surface area contributed by atoms with Gasteiger partial charge in [0, 0.05) is 16.7 Å². The highest BCUT2D eigenvalue weighted by Gasteiger charge is 2.35. The maximum Gasteiger partial charge on any atom is 0.236 e. The van der Waals surface area contributed by atoms with Crippen molar-refractivity contribution in [2.45, 2.75) is 32.2 Å². The highest BCUT2D eigenvalue weighted by molar-refractivity contribution is 6.46. The number of hydrogen-bond acceptors (Lipinski definition) is 3. The summed E-state index contributed by atoms with van der Waals surface area (Å²) < 4.78 is 6.25. The summed E-state index contributed by atoms with van der Waals surface area (Å²) in [6.07, 6.45) is 1.87. The lowest BCUT2D eigenvalue weighted by Gasteiger charge is -2.18. The standard InChI is InChI=1S/C32H30N2O/c1-3-32(4-2)23-35-31(34-32)29(26-19-12-7-13-20-26)33-30-27(24-15-8-5-9-16-24)21-14-22-28(30)25-17-10-6-11-18-25/h5-22H,3-4,23H2,1-2H3. The van der Waals surface area contributed by atoms with Gasteiger partial charge in [-0.05, 0) is 24.0 Å². The van der Waals surface area contributed by atoms with Crippen molar-refractivity contribution < 1.29 is 4.74 Å². The molecule has 4 aromatic carbocycles. The van der Waals surface area contributed by atoms with Crippen LogP contribution in [0.3, 0.4) is 0 Å². The van der Waals surface area contributed by atoms with E-state index in [1.165, 1.54) is 0 Å². The van der Waals surface area contributed by atoms with Crippen LogP contribution in [0, 0.1) is 0 Å². The maximum absolute atomic E-state index is 6.25. The summed E-state index contributed by atoms with van der Waals surface area (Å²) in [6, 6.07) is 37.5. The van der Waals surface area contributed by atoms with Crippen LogP contribution in [-0.2, 0) is 4.74 Å². The summed E-state index contributed by atoms with van der Waals surface area (Å²) in [5, 5.41) is 0. The quantitative estimate of drug-likeness (QED) is 0.257. The van der Waals surface area contributed by atoms with Gasteiger partial charge in [0.2, 0.25) is 5.90 Å². The smallest absolute Gasteiger partial charge is 0.236 e. The first-order valence-electron chi connectivity index (χ1n) is 12.3. The van der Waals surface area contributed by atoms with Crippen LogP contribution in [0.5, 0.6) is 0 Å². The Kier molecular flexibility index (Phi) is 6.58. The van der Waals surface area contributed by atoms with E-state index in [0.717, 1.165) is 52.1 Å². The molecule has 0 radical (unpaired) electrons. The van der Waals surface area contributed by atoms with E-state index in [1.807, 2.05) is 30.3 Å². The molecule has 1 heterocycles. The number of ether oxygens (including phenoxy) is 1. The van der Waals surface area contributed by atoms with Gasteiger partial charge in [-0.1, -0.05) is 123 Å². The molecule has 3 heteroatoms. The van der Waals surface area contributed by atoms with E-state index in [1.54, 1.807) is 0 Å². The van der Waals surface area contributed by atoms with E-state index in [9.17, 15) is 0 Å². The fourth-order valence-corrected chi connectivity index (χ4v) is 4.53. The molecule has 0 unspecified atom stereocenters. The van der Waals surface area contributed by atoms with Gasteiger partial charge in [-0.2, -0.15) is 0 Å². The third-order valence-electron chi connectivity index (χ3n) is 6.81. The molecule has 0 saturated heterocycles. The predicted molar refractivity (Wildman–Crippen MR) is 147 cm³/mol. The highest BCUT2D eigenvalue weighted by atomic mass is 16.5. The topological polar surface area (TPSA) is 34.0 Å². The van der Waals surface area contributed by atoms with Crippen LogP contribution in [0.15, 0.2) is 119 Å². The van der Waals surface area contributed by atoms with Gasteiger partial charge in [-0.15, -0.1) is 0 Å². The molecule has 4 aromatic rings. The number of para-hydroxylation sites is 1. The van der Waals surface area contributed by atoms with Crippen LogP contribution < -0.4 is 0 Å². The maximum atomic E-state index is 6.25. The minimum Gasteiger partial charge on any atom is -0.474 e. The van der Waals surface area contributed by atoms with Crippen molar-refractivity contribution in [1.82, 2.24) is 0 Å². The van der Waals surface area contributed by atoms with Gasteiger partial charge in [-0.25, -0.2) is 9.98 Å². The molecule has 0 N–H and O–H groups in total. The van der Waals surface area contributed by atoms with E-state index < -0.39 is 0 Å². The van der Waals surface area contributed by atoms with E-state index in [0.29, 0.717) is 12.5 Å². The molecule has 5 rings (SSSR count). The zero-order chi connectivity index (χ0) is 24.1. The largest absolute Gasteiger partial charge is 0.474 e. The van der Waals surface area contributed by atoms with Crippen LogP contribution in [0.2, 0.25) is 0 Å². The molecule has 0 spiro atoms. The van der Waals surface area contributed by atoms with Gasteiger partial charge in [0.1, 0.15) is 12.3 Å². The predicted octanol–water partition coefficient (Wildman–Crippen LogP) is 8.13. The van der Waals surface area contributed by atoms with Crippen LogP contribution in [0.4, 0.5) is 5.69 Å². The van der Waals surface area contributed by atoms with Gasteiger partial charge in [0.25, 0.3) is 0 Å². The molecule has 0 aromatic heterocycles. The molecule has 35 heavy (non-hydrogen) atoms. The lowest BCUT2D eigenvalue weighted by molar-refractivity contribution is 0.246. The van der Waals surface area contributed by atoms with Crippen molar-refractivity contribution >= 4 is 17.3 Å². The van der Waals surface area contributed by atoms with Gasteiger partial charge < -0.3 is 4.74 Å². The highest BCUT2D eigenvalue weighted by Crippen LogP contribution is 2.40. The SMILES string of the molecule is CCC1(CC)COC(C(=Nc2c(-c3ccccc3)cccc2-c2ccccc2)c2ccccc2)=N1. The average molecular weight is 459 g/mol. The van der Waals surface area contributed by atoms with E-state index in [-0.39, 0.29) is 5.54 Å². The Balaban J connectivity index is 1.77. The average Bonchev–Trinajstić information content (AvgIpc) is 3.38. The molecule has 1 aliphatic rings. The first-order valence-corrected chi connectivity index (χ1v) is 12.3. The van der Waals surface area contributed by atoms with E-state index in [2.05, 4.69) is 92.7 Å². The van der Waals surface area contributed by atoms with Gasteiger partial charge in [0.15, 0.2) is 0 Å².